The first-order valence-corrected chi connectivity index (χ1v) is 3.17. The van der Waals surface area contributed by atoms with E-state index in [0.717, 1.165) is 0 Å². The van der Waals surface area contributed by atoms with Gasteiger partial charge in [-0.3, -0.25) is 4.79 Å². The minimum Gasteiger partial charge on any atom is -0.327 e. The van der Waals surface area contributed by atoms with E-state index in [1.807, 2.05) is 4.98 Å². The van der Waals surface area contributed by atoms with Gasteiger partial charge in [0.25, 0.3) is 12.0 Å². The first-order chi connectivity index (χ1) is 6.07. The van der Waals surface area contributed by atoms with Crippen LogP contribution in [0, 0.1) is 17.1 Å². The van der Waals surface area contributed by atoms with E-state index in [2.05, 4.69) is 0 Å². The highest BCUT2D eigenvalue weighted by Gasteiger charge is 2.18. The molecule has 0 unspecified atom stereocenters. The molecule has 0 aliphatic carbocycles. The SMILES string of the molecule is N#Cc1c(F)c(C(F)F)c[nH]c1=O. The summed E-state index contributed by atoms with van der Waals surface area (Å²) in [6.07, 6.45) is -2.49. The summed E-state index contributed by atoms with van der Waals surface area (Å²) in [4.78, 5) is 12.5. The van der Waals surface area contributed by atoms with Gasteiger partial charge in [-0.1, -0.05) is 0 Å². The van der Waals surface area contributed by atoms with Gasteiger partial charge in [0.15, 0.2) is 11.4 Å². The van der Waals surface area contributed by atoms with Gasteiger partial charge < -0.3 is 4.98 Å². The third kappa shape index (κ3) is 1.54. The number of pyridine rings is 1. The first kappa shape index (κ1) is 9.32. The molecule has 0 fully saturated rings. The van der Waals surface area contributed by atoms with Gasteiger partial charge in [0.05, 0.1) is 5.56 Å². The van der Waals surface area contributed by atoms with Crippen LogP contribution in [0.25, 0.3) is 0 Å². The maximum Gasteiger partial charge on any atom is 0.268 e. The highest BCUT2D eigenvalue weighted by atomic mass is 19.3. The molecular formula is C7H3F3N2O. The van der Waals surface area contributed by atoms with Crippen molar-refractivity contribution in [3.05, 3.63) is 33.5 Å². The van der Waals surface area contributed by atoms with Crippen LogP contribution in [0.2, 0.25) is 0 Å². The fourth-order valence-electron chi connectivity index (χ4n) is 0.781. The van der Waals surface area contributed by atoms with Crippen LogP contribution in [-0.2, 0) is 0 Å². The Balaban J connectivity index is 3.47. The van der Waals surface area contributed by atoms with Gasteiger partial charge in [0.2, 0.25) is 0 Å². The lowest BCUT2D eigenvalue weighted by atomic mass is 10.2. The fourth-order valence-corrected chi connectivity index (χ4v) is 0.781. The van der Waals surface area contributed by atoms with Crippen molar-refractivity contribution in [3.63, 3.8) is 0 Å². The third-order valence-electron chi connectivity index (χ3n) is 1.41. The van der Waals surface area contributed by atoms with Gasteiger partial charge in [-0.25, -0.2) is 13.2 Å². The molecule has 1 aromatic heterocycles. The maximum absolute atomic E-state index is 12.9. The van der Waals surface area contributed by atoms with Crippen molar-refractivity contribution in [2.24, 2.45) is 0 Å². The number of nitriles is 1. The molecule has 13 heavy (non-hydrogen) atoms. The van der Waals surface area contributed by atoms with E-state index >= 15 is 0 Å². The van der Waals surface area contributed by atoms with Crippen molar-refractivity contribution in [3.8, 4) is 6.07 Å². The molecule has 6 heteroatoms. The van der Waals surface area contributed by atoms with Gasteiger partial charge in [0, 0.05) is 6.20 Å². The average Bonchev–Trinajstić information content (AvgIpc) is 2.04. The van der Waals surface area contributed by atoms with Gasteiger partial charge in [0.1, 0.15) is 6.07 Å². The van der Waals surface area contributed by atoms with Crippen LogP contribution in [0.1, 0.15) is 17.6 Å². The van der Waals surface area contributed by atoms with E-state index in [1.165, 1.54) is 6.07 Å². The van der Waals surface area contributed by atoms with Crippen molar-refractivity contribution >= 4 is 0 Å². The van der Waals surface area contributed by atoms with Crippen molar-refractivity contribution in [1.82, 2.24) is 4.98 Å². The maximum atomic E-state index is 12.9. The van der Waals surface area contributed by atoms with E-state index in [9.17, 15) is 18.0 Å². The monoisotopic (exact) mass is 188 g/mol. The van der Waals surface area contributed by atoms with Crippen molar-refractivity contribution < 1.29 is 13.2 Å². The molecule has 3 nitrogen and oxygen atoms in total. The van der Waals surface area contributed by atoms with Crippen molar-refractivity contribution in [1.29, 1.82) is 5.26 Å². The molecule has 0 spiro atoms. The highest BCUT2D eigenvalue weighted by Crippen LogP contribution is 2.20. The van der Waals surface area contributed by atoms with Gasteiger partial charge >= 0.3 is 0 Å². The van der Waals surface area contributed by atoms with Gasteiger partial charge in [-0.2, -0.15) is 5.26 Å². The lowest BCUT2D eigenvalue weighted by molar-refractivity contribution is 0.145. The van der Waals surface area contributed by atoms with E-state index in [-0.39, 0.29) is 0 Å². The second kappa shape index (κ2) is 3.31. The summed E-state index contributed by atoms with van der Waals surface area (Å²) in [5.74, 6) is -1.46. The Morgan fingerprint density at radius 3 is 2.62 bits per heavy atom. The second-order valence-corrected chi connectivity index (χ2v) is 2.17. The highest BCUT2D eigenvalue weighted by molar-refractivity contribution is 5.31. The van der Waals surface area contributed by atoms with Crippen LogP contribution >= 0.6 is 0 Å². The number of nitrogens with zero attached hydrogens (tertiary/aromatic N) is 1. The molecule has 0 saturated carbocycles. The normalized spacial score (nSPS) is 10.1. The number of alkyl halides is 2. The van der Waals surface area contributed by atoms with E-state index < -0.39 is 28.9 Å². The summed E-state index contributed by atoms with van der Waals surface area (Å²) in [7, 11) is 0. The third-order valence-corrected chi connectivity index (χ3v) is 1.41. The first-order valence-electron chi connectivity index (χ1n) is 3.17. The van der Waals surface area contributed by atoms with Crippen LogP contribution in [0.5, 0.6) is 0 Å². The van der Waals surface area contributed by atoms with Gasteiger partial charge in [-0.15, -0.1) is 0 Å². The summed E-state index contributed by atoms with van der Waals surface area (Å²) >= 11 is 0. The van der Waals surface area contributed by atoms with Crippen molar-refractivity contribution in [2.45, 2.75) is 6.43 Å². The van der Waals surface area contributed by atoms with Crippen LogP contribution in [0.4, 0.5) is 13.2 Å². The number of aromatic amines is 1. The predicted octanol–water partition coefficient (Wildman–Crippen LogP) is 1.32. The second-order valence-electron chi connectivity index (χ2n) is 2.17. The molecule has 0 aliphatic rings. The smallest absolute Gasteiger partial charge is 0.268 e. The predicted molar refractivity (Wildman–Crippen MR) is 36.7 cm³/mol. The summed E-state index contributed by atoms with van der Waals surface area (Å²) in [5.41, 5.74) is -2.90. The molecule has 0 bridgehead atoms. The van der Waals surface area contributed by atoms with E-state index in [4.69, 9.17) is 5.26 Å². The zero-order chi connectivity index (χ0) is 10.0. The zero-order valence-electron chi connectivity index (χ0n) is 6.14. The summed E-state index contributed by atoms with van der Waals surface area (Å²) in [5, 5.41) is 8.25. The lowest BCUT2D eigenvalue weighted by Crippen LogP contribution is -2.14. The standard InChI is InChI=1S/C7H3F3N2O/c8-5-3(1-11)7(13)12-2-4(5)6(9)10/h2,6H,(H,12,13). The number of aromatic nitrogens is 1. The Morgan fingerprint density at radius 2 is 2.15 bits per heavy atom. The average molecular weight is 188 g/mol. The molecule has 1 rings (SSSR count). The number of H-pyrrole nitrogens is 1. The molecule has 0 radical (unpaired) electrons. The lowest BCUT2D eigenvalue weighted by Gasteiger charge is -2.00. The topological polar surface area (TPSA) is 56.6 Å². The Labute approximate surface area is 70.4 Å². The molecule has 0 saturated heterocycles. The fraction of sp³-hybridized carbons (Fsp3) is 0.143. The molecule has 1 heterocycles. The Morgan fingerprint density at radius 1 is 1.54 bits per heavy atom. The summed E-state index contributed by atoms with van der Waals surface area (Å²) in [6, 6.07) is 1.21. The Hall–Kier alpha value is -1.77. The Kier molecular flexibility index (Phi) is 2.37. The van der Waals surface area contributed by atoms with E-state index in [1.54, 1.807) is 0 Å². The van der Waals surface area contributed by atoms with Crippen LogP contribution in [0.3, 0.4) is 0 Å². The molecule has 1 N–H and O–H groups in total. The molecule has 0 amide bonds. The minimum atomic E-state index is -3.05. The quantitative estimate of drug-likeness (QED) is 0.722. The molecular weight excluding hydrogens is 185 g/mol. The Bertz CT molecular complexity index is 419. The van der Waals surface area contributed by atoms with Crippen LogP contribution in [-0.4, -0.2) is 4.98 Å². The molecule has 0 aromatic carbocycles. The minimum absolute atomic E-state index is 0.559. The molecule has 68 valence electrons. The number of hydrogen-bond donors (Lipinski definition) is 1. The van der Waals surface area contributed by atoms with Crippen LogP contribution in [0.15, 0.2) is 11.0 Å². The van der Waals surface area contributed by atoms with Crippen LogP contribution < -0.4 is 5.56 Å². The number of nitrogens with one attached hydrogen (secondary N) is 1. The largest absolute Gasteiger partial charge is 0.327 e. The molecule has 0 aliphatic heterocycles. The number of rotatable bonds is 1. The number of hydrogen-bond acceptors (Lipinski definition) is 2. The number of halogens is 3. The zero-order valence-corrected chi connectivity index (χ0v) is 6.14. The summed E-state index contributed by atoms with van der Waals surface area (Å²) < 4.78 is 36.9. The van der Waals surface area contributed by atoms with Crippen molar-refractivity contribution in [2.75, 3.05) is 0 Å². The van der Waals surface area contributed by atoms with Gasteiger partial charge in [-0.05, 0) is 0 Å². The molecule has 0 atom stereocenters. The summed E-state index contributed by atoms with van der Waals surface area (Å²) in [6.45, 7) is 0. The molecule has 1 aromatic rings. The van der Waals surface area contributed by atoms with E-state index in [0.29, 0.717) is 6.20 Å².